The molecule has 0 atom stereocenters. The van der Waals surface area contributed by atoms with Gasteiger partial charge in [-0.05, 0) is 62.1 Å². The van der Waals surface area contributed by atoms with Gasteiger partial charge in [-0.15, -0.1) is 5.23 Å². The van der Waals surface area contributed by atoms with E-state index in [0.29, 0.717) is 62.5 Å². The molecule has 1 saturated carbocycles. The van der Waals surface area contributed by atoms with Gasteiger partial charge in [0.05, 0.1) is 28.9 Å². The van der Waals surface area contributed by atoms with E-state index in [1.165, 1.54) is 12.1 Å². The number of nitrogens with one attached hydrogen (secondary N) is 1. The normalized spacial score (nSPS) is 20.2. The van der Waals surface area contributed by atoms with Crippen LogP contribution < -0.4 is 15.4 Å². The lowest BCUT2D eigenvalue weighted by molar-refractivity contribution is -0.139. The van der Waals surface area contributed by atoms with E-state index in [1.54, 1.807) is 6.07 Å². The molecule has 41 heavy (non-hydrogen) atoms. The molecule has 0 amide bonds. The van der Waals surface area contributed by atoms with Crippen LogP contribution in [-0.2, 0) is 17.1 Å². The van der Waals surface area contributed by atoms with Gasteiger partial charge in [0, 0.05) is 43.6 Å². The fraction of sp³-hybridized carbons (Fsp3) is 0.500. The molecule has 4 rings (SSSR count). The van der Waals surface area contributed by atoms with Gasteiger partial charge in [0.2, 0.25) is 0 Å². The molecule has 2 aromatic carbocycles. The number of piperazine rings is 1. The molecular weight excluding hydrogens is 598 g/mol. The lowest BCUT2D eigenvalue weighted by Gasteiger charge is -2.38. The van der Waals surface area contributed by atoms with Crippen molar-refractivity contribution in [2.24, 2.45) is 0 Å². The van der Waals surface area contributed by atoms with Crippen LogP contribution in [0.3, 0.4) is 0 Å². The molecule has 3 N–H and O–H groups in total. The lowest BCUT2D eigenvalue weighted by atomic mass is 9.92. The summed E-state index contributed by atoms with van der Waals surface area (Å²) in [5.41, 5.74) is -2.13. The molecule has 7 nitrogen and oxygen atoms in total. The molecule has 2 fully saturated rings. The van der Waals surface area contributed by atoms with Gasteiger partial charge >= 0.3 is 12.4 Å². The van der Waals surface area contributed by atoms with Crippen molar-refractivity contribution in [2.75, 3.05) is 48.2 Å². The molecule has 1 saturated heterocycles. The van der Waals surface area contributed by atoms with Crippen molar-refractivity contribution in [3.05, 3.63) is 52.5 Å². The van der Waals surface area contributed by atoms with Gasteiger partial charge in [-0.2, -0.15) is 26.3 Å². The highest BCUT2D eigenvalue weighted by atomic mass is 35.5. The highest BCUT2D eigenvalue weighted by Crippen LogP contribution is 2.39. The Kier molecular flexibility index (Phi) is 9.79. The van der Waals surface area contributed by atoms with E-state index in [1.807, 2.05) is 9.80 Å². The van der Waals surface area contributed by atoms with E-state index in [2.05, 4.69) is 5.32 Å². The van der Waals surface area contributed by atoms with E-state index in [4.69, 9.17) is 39.0 Å². The van der Waals surface area contributed by atoms with Gasteiger partial charge in [-0.25, -0.2) is 0 Å². The van der Waals surface area contributed by atoms with Gasteiger partial charge < -0.3 is 19.9 Å². The molecule has 226 valence electrons. The predicted octanol–water partition coefficient (Wildman–Crippen LogP) is 6.85. The van der Waals surface area contributed by atoms with Crippen molar-refractivity contribution in [3.63, 3.8) is 0 Å². The van der Waals surface area contributed by atoms with Gasteiger partial charge in [0.1, 0.15) is 10.7 Å². The summed E-state index contributed by atoms with van der Waals surface area (Å²) in [6, 6.07) is 6.99. The van der Waals surface area contributed by atoms with Crippen LogP contribution in [0.25, 0.3) is 0 Å². The van der Waals surface area contributed by atoms with Crippen molar-refractivity contribution in [3.8, 4) is 0 Å². The Bertz CT molecular complexity index is 1220. The van der Waals surface area contributed by atoms with E-state index in [0.717, 1.165) is 18.2 Å². The SMILES string of the molecule is ON(O)c1ccc(NC2CCC(OCC(=S)N3CCN(c4ccc(Cl)c(C(F)(F)F)c4)CC3)CC2)cc1C(F)(F)F. The largest absolute Gasteiger partial charge is 0.418 e. The topological polar surface area (TPSA) is 71.4 Å². The first kappa shape index (κ1) is 31.4. The van der Waals surface area contributed by atoms with E-state index < -0.39 is 34.4 Å². The number of hydrogen-bond acceptors (Lipinski definition) is 7. The Morgan fingerprint density at radius 2 is 1.56 bits per heavy atom. The number of nitrogens with zero attached hydrogens (tertiary/aromatic N) is 3. The first-order valence-electron chi connectivity index (χ1n) is 12.9. The highest BCUT2D eigenvalue weighted by molar-refractivity contribution is 7.80. The Morgan fingerprint density at radius 1 is 0.927 bits per heavy atom. The van der Waals surface area contributed by atoms with Crippen LogP contribution in [0.2, 0.25) is 5.02 Å². The molecule has 2 aliphatic rings. The standard InChI is InChI=1S/C26H29ClF6N4O3S/c27-22-7-4-18(14-20(22)25(28,29)30)35-9-11-36(12-10-35)24(41)15-40-19-5-1-16(2-6-19)34-17-3-8-23(37(38)39)21(13-17)26(31,32)33/h3-4,7-8,13-14,16,19,34,38-39H,1-2,5-6,9-12,15H2. The highest BCUT2D eigenvalue weighted by Gasteiger charge is 2.36. The summed E-state index contributed by atoms with van der Waals surface area (Å²) < 4.78 is 85.6. The van der Waals surface area contributed by atoms with Crippen LogP contribution in [0.4, 0.5) is 43.4 Å². The molecule has 0 radical (unpaired) electrons. The average molecular weight is 627 g/mol. The number of hydrogen-bond donors (Lipinski definition) is 3. The summed E-state index contributed by atoms with van der Waals surface area (Å²) in [5.74, 6) is 0. The third kappa shape index (κ3) is 8.07. The molecule has 15 heteroatoms. The summed E-state index contributed by atoms with van der Waals surface area (Å²) >= 11 is 11.3. The van der Waals surface area contributed by atoms with Crippen LogP contribution in [-0.4, -0.2) is 65.2 Å². The monoisotopic (exact) mass is 626 g/mol. The molecule has 0 spiro atoms. The quantitative estimate of drug-likeness (QED) is 0.175. The van der Waals surface area contributed by atoms with Gasteiger partial charge in [-0.1, -0.05) is 23.8 Å². The van der Waals surface area contributed by atoms with Crippen molar-refractivity contribution >= 4 is 45.9 Å². The molecule has 0 unspecified atom stereocenters. The van der Waals surface area contributed by atoms with Crippen molar-refractivity contribution in [1.29, 1.82) is 0 Å². The fourth-order valence-corrected chi connectivity index (χ4v) is 5.53. The third-order valence-corrected chi connectivity index (χ3v) is 7.96. The Labute approximate surface area is 243 Å². The maximum Gasteiger partial charge on any atom is 0.418 e. The summed E-state index contributed by atoms with van der Waals surface area (Å²) in [4.78, 5) is 4.44. The number of halogens is 7. The zero-order chi connectivity index (χ0) is 29.9. The zero-order valence-electron chi connectivity index (χ0n) is 21.7. The maximum atomic E-state index is 13.3. The summed E-state index contributed by atoms with van der Waals surface area (Å²) in [7, 11) is 0. The summed E-state index contributed by atoms with van der Waals surface area (Å²) in [6.07, 6.45) is -6.69. The average Bonchev–Trinajstić information content (AvgIpc) is 2.91. The van der Waals surface area contributed by atoms with Crippen LogP contribution >= 0.6 is 23.8 Å². The van der Waals surface area contributed by atoms with Gasteiger partial charge in [0.15, 0.2) is 0 Å². The van der Waals surface area contributed by atoms with E-state index in [-0.39, 0.29) is 29.5 Å². The van der Waals surface area contributed by atoms with Crippen molar-refractivity contribution in [2.45, 2.75) is 50.2 Å². The molecule has 1 aliphatic heterocycles. The molecule has 2 aromatic rings. The minimum Gasteiger partial charge on any atom is -0.382 e. The van der Waals surface area contributed by atoms with Crippen LogP contribution in [0.15, 0.2) is 36.4 Å². The molecule has 1 aliphatic carbocycles. The van der Waals surface area contributed by atoms with E-state index >= 15 is 0 Å². The first-order valence-corrected chi connectivity index (χ1v) is 13.7. The van der Waals surface area contributed by atoms with Gasteiger partial charge in [-0.3, -0.25) is 10.4 Å². The minimum atomic E-state index is -4.76. The Hall–Kier alpha value is -2.52. The Morgan fingerprint density at radius 3 is 2.15 bits per heavy atom. The second-order valence-electron chi connectivity index (χ2n) is 9.98. The summed E-state index contributed by atoms with van der Waals surface area (Å²) in [6.45, 7) is 2.27. The van der Waals surface area contributed by atoms with Crippen molar-refractivity contribution < 1.29 is 41.5 Å². The third-order valence-electron chi connectivity index (χ3n) is 7.26. The van der Waals surface area contributed by atoms with Gasteiger partial charge in [0.25, 0.3) is 0 Å². The number of alkyl halides is 6. The van der Waals surface area contributed by atoms with E-state index in [9.17, 15) is 26.3 Å². The van der Waals surface area contributed by atoms with Crippen LogP contribution in [0.5, 0.6) is 0 Å². The molecule has 0 bridgehead atoms. The number of benzene rings is 2. The van der Waals surface area contributed by atoms with Crippen LogP contribution in [0, 0.1) is 0 Å². The molecular formula is C26H29ClF6N4O3S. The maximum absolute atomic E-state index is 13.3. The zero-order valence-corrected chi connectivity index (χ0v) is 23.3. The number of rotatable bonds is 7. The molecule has 1 heterocycles. The fourth-order valence-electron chi connectivity index (χ4n) is 5.06. The predicted molar refractivity (Wildman–Crippen MR) is 146 cm³/mol. The van der Waals surface area contributed by atoms with Crippen LogP contribution in [0.1, 0.15) is 36.8 Å². The van der Waals surface area contributed by atoms with Crippen molar-refractivity contribution in [1.82, 2.24) is 4.90 Å². The number of ether oxygens (including phenoxy) is 1. The number of anilines is 3. The smallest absolute Gasteiger partial charge is 0.382 e. The lowest BCUT2D eigenvalue weighted by Crippen LogP contribution is -2.49. The summed E-state index contributed by atoms with van der Waals surface area (Å²) in [5, 5.41) is 20.4. The molecule has 0 aromatic heterocycles. The second-order valence-corrected chi connectivity index (χ2v) is 10.9. The first-order chi connectivity index (χ1) is 19.2. The Balaban J connectivity index is 1.21. The number of thiocarbonyl (C=S) groups is 1. The minimum absolute atomic E-state index is 0.0624. The second kappa shape index (κ2) is 12.8.